The summed E-state index contributed by atoms with van der Waals surface area (Å²) in [7, 11) is 3.14. The Morgan fingerprint density at radius 3 is 2.55 bits per heavy atom. The van der Waals surface area contributed by atoms with E-state index >= 15 is 0 Å². The maximum Gasteiger partial charge on any atom is 0.265 e. The van der Waals surface area contributed by atoms with Crippen LogP contribution in [-0.2, 0) is 16.1 Å². The number of ether oxygens (including phenoxy) is 3. The van der Waals surface area contributed by atoms with Crippen molar-refractivity contribution in [2.45, 2.75) is 6.54 Å². The maximum absolute atomic E-state index is 12.7. The average Bonchev–Trinajstić information content (AvgIpc) is 3.44. The third kappa shape index (κ3) is 3.70. The topological polar surface area (TPSA) is 73.2 Å². The number of fused-ring (bicyclic) bond motifs is 2. The number of carbonyl (C=O) groups is 2. The van der Waals surface area contributed by atoms with Crippen molar-refractivity contribution in [3.8, 4) is 17.2 Å². The van der Waals surface area contributed by atoms with Gasteiger partial charge in [-0.3, -0.25) is 19.4 Å². The minimum atomic E-state index is -0.411. The van der Waals surface area contributed by atoms with Crippen molar-refractivity contribution in [3.63, 3.8) is 0 Å². The van der Waals surface area contributed by atoms with Crippen molar-refractivity contribution in [2.75, 3.05) is 27.5 Å². The first-order valence-corrected chi connectivity index (χ1v) is 10.8. The van der Waals surface area contributed by atoms with E-state index in [0.717, 1.165) is 16.5 Å². The lowest BCUT2D eigenvalue weighted by Gasteiger charge is -2.31. The van der Waals surface area contributed by atoms with Crippen molar-refractivity contribution in [3.05, 3.63) is 59.8 Å². The number of rotatable bonds is 5. The molecule has 3 heterocycles. The lowest BCUT2D eigenvalue weighted by molar-refractivity contribution is -0.132. The summed E-state index contributed by atoms with van der Waals surface area (Å²) in [5.41, 5.74) is 1.83. The summed E-state index contributed by atoms with van der Waals surface area (Å²) in [4.78, 5) is 28.1. The van der Waals surface area contributed by atoms with E-state index in [1.54, 1.807) is 20.2 Å². The summed E-state index contributed by atoms with van der Waals surface area (Å²) in [6.45, 7) is 1.21. The molecule has 2 aromatic carbocycles. The molecule has 3 aromatic rings. The zero-order chi connectivity index (χ0) is 23.1. The monoisotopic (exact) mass is 463 g/mol. The van der Waals surface area contributed by atoms with Gasteiger partial charge >= 0.3 is 0 Å². The Bertz CT molecular complexity index is 1300. The van der Waals surface area contributed by atoms with Crippen LogP contribution < -0.4 is 14.2 Å². The van der Waals surface area contributed by atoms with Gasteiger partial charge in [-0.05, 0) is 36.5 Å². The van der Waals surface area contributed by atoms with Gasteiger partial charge in [-0.1, -0.05) is 18.2 Å². The molecule has 168 valence electrons. The van der Waals surface area contributed by atoms with Gasteiger partial charge in [-0.2, -0.15) is 0 Å². The molecule has 0 saturated carbocycles. The number of likely N-dealkylation sites (N-methyl/N-ethyl adjacent to an activating group) is 2. The maximum atomic E-state index is 12.7. The molecule has 0 radical (unpaired) electrons. The first-order chi connectivity index (χ1) is 15.9. The van der Waals surface area contributed by atoms with E-state index in [1.165, 1.54) is 9.80 Å². The molecule has 0 unspecified atom stereocenters. The molecule has 1 fully saturated rings. The van der Waals surface area contributed by atoms with E-state index in [2.05, 4.69) is 0 Å². The van der Waals surface area contributed by atoms with E-state index in [-0.39, 0.29) is 17.5 Å². The van der Waals surface area contributed by atoms with Gasteiger partial charge in [-0.25, -0.2) is 0 Å². The van der Waals surface area contributed by atoms with Crippen molar-refractivity contribution in [2.24, 2.45) is 0 Å². The summed E-state index contributed by atoms with van der Waals surface area (Å²) in [6.07, 6.45) is 3.56. The van der Waals surface area contributed by atoms with Gasteiger partial charge in [0.25, 0.3) is 11.8 Å². The SMILES string of the molecule is CN1C(=O)C(=Cc2cn(CCOc3ccc4c(c3)OCO4)c3ccccc23)C(=O)N(C)C1=S. The molecular formula is C24H21N3O5S. The molecular weight excluding hydrogens is 442 g/mol. The zero-order valence-electron chi connectivity index (χ0n) is 18.1. The minimum absolute atomic E-state index is 0.0770. The molecule has 2 aliphatic heterocycles. The highest BCUT2D eigenvalue weighted by Gasteiger charge is 2.35. The molecule has 2 aliphatic rings. The van der Waals surface area contributed by atoms with E-state index in [1.807, 2.05) is 53.2 Å². The van der Waals surface area contributed by atoms with Crippen LogP contribution in [-0.4, -0.2) is 58.8 Å². The molecule has 0 aliphatic carbocycles. The Kier molecular flexibility index (Phi) is 5.26. The molecule has 1 saturated heterocycles. The number of benzene rings is 2. The van der Waals surface area contributed by atoms with E-state index < -0.39 is 11.8 Å². The molecule has 0 atom stereocenters. The fraction of sp³-hybridized carbons (Fsp3) is 0.208. The van der Waals surface area contributed by atoms with Crippen molar-refractivity contribution in [1.82, 2.24) is 14.4 Å². The second kappa shape index (κ2) is 8.25. The molecule has 0 spiro atoms. The Labute approximate surface area is 195 Å². The number of para-hydroxylation sites is 1. The van der Waals surface area contributed by atoms with Gasteiger partial charge < -0.3 is 18.8 Å². The predicted molar refractivity (Wildman–Crippen MR) is 126 cm³/mol. The van der Waals surface area contributed by atoms with Crippen LogP contribution >= 0.6 is 12.2 Å². The van der Waals surface area contributed by atoms with Crippen LogP contribution in [0.4, 0.5) is 0 Å². The summed E-state index contributed by atoms with van der Waals surface area (Å²) < 4.78 is 18.7. The first-order valence-electron chi connectivity index (χ1n) is 10.4. The fourth-order valence-corrected chi connectivity index (χ4v) is 4.10. The van der Waals surface area contributed by atoms with Crippen LogP contribution in [0.25, 0.3) is 17.0 Å². The van der Waals surface area contributed by atoms with Crippen molar-refractivity contribution >= 4 is 46.1 Å². The summed E-state index contributed by atoms with van der Waals surface area (Å²) in [5, 5.41) is 1.12. The normalized spacial score (nSPS) is 15.6. The van der Waals surface area contributed by atoms with Crippen LogP contribution in [0.1, 0.15) is 5.56 Å². The van der Waals surface area contributed by atoms with Gasteiger partial charge in [0, 0.05) is 42.8 Å². The Morgan fingerprint density at radius 2 is 1.76 bits per heavy atom. The quantitative estimate of drug-likeness (QED) is 0.329. The third-order valence-corrected chi connectivity index (χ3v) is 6.26. The van der Waals surface area contributed by atoms with E-state index in [9.17, 15) is 9.59 Å². The van der Waals surface area contributed by atoms with E-state index in [0.29, 0.717) is 30.4 Å². The summed E-state index contributed by atoms with van der Waals surface area (Å²) >= 11 is 5.17. The van der Waals surface area contributed by atoms with Crippen LogP contribution in [0.3, 0.4) is 0 Å². The number of nitrogens with zero attached hydrogens (tertiary/aromatic N) is 3. The largest absolute Gasteiger partial charge is 0.492 e. The number of amides is 2. The number of hydrogen-bond acceptors (Lipinski definition) is 6. The molecule has 33 heavy (non-hydrogen) atoms. The minimum Gasteiger partial charge on any atom is -0.492 e. The highest BCUT2D eigenvalue weighted by molar-refractivity contribution is 7.80. The second-order valence-electron chi connectivity index (χ2n) is 7.73. The third-order valence-electron chi connectivity index (χ3n) is 5.71. The van der Waals surface area contributed by atoms with Crippen molar-refractivity contribution in [1.29, 1.82) is 0 Å². The Morgan fingerprint density at radius 1 is 1.03 bits per heavy atom. The first kappa shape index (κ1) is 21.0. The lowest BCUT2D eigenvalue weighted by Crippen LogP contribution is -2.52. The predicted octanol–water partition coefficient (Wildman–Crippen LogP) is 3.05. The van der Waals surface area contributed by atoms with Crippen LogP contribution in [0.2, 0.25) is 0 Å². The summed E-state index contributed by atoms with van der Waals surface area (Å²) in [5.74, 6) is 1.25. The molecule has 0 bridgehead atoms. The zero-order valence-corrected chi connectivity index (χ0v) is 18.9. The molecule has 8 nitrogen and oxygen atoms in total. The number of aromatic nitrogens is 1. The van der Waals surface area contributed by atoms with Gasteiger partial charge in [0.2, 0.25) is 6.79 Å². The van der Waals surface area contributed by atoms with Gasteiger partial charge in [0.1, 0.15) is 17.9 Å². The molecule has 1 aromatic heterocycles. The van der Waals surface area contributed by atoms with Gasteiger partial charge in [-0.15, -0.1) is 0 Å². The van der Waals surface area contributed by atoms with E-state index in [4.69, 9.17) is 26.4 Å². The van der Waals surface area contributed by atoms with Crippen molar-refractivity contribution < 1.29 is 23.8 Å². The average molecular weight is 464 g/mol. The highest BCUT2D eigenvalue weighted by atomic mass is 32.1. The fourth-order valence-electron chi connectivity index (χ4n) is 3.93. The number of thiocarbonyl (C=S) groups is 1. The Hall–Kier alpha value is -3.85. The smallest absolute Gasteiger partial charge is 0.265 e. The van der Waals surface area contributed by atoms with Crippen LogP contribution in [0.15, 0.2) is 54.2 Å². The standard InChI is InChI=1S/C24H21N3O5S/c1-25-22(28)18(23(29)26(2)24(25)33)11-15-13-27(19-6-4-3-5-17(15)19)9-10-30-16-7-8-20-21(12-16)32-14-31-20/h3-8,11-13H,9-10,14H2,1-2H3. The molecule has 9 heteroatoms. The van der Waals surface area contributed by atoms with Gasteiger partial charge in [0.15, 0.2) is 16.6 Å². The van der Waals surface area contributed by atoms with Crippen LogP contribution in [0.5, 0.6) is 17.2 Å². The molecule has 0 N–H and O–H groups in total. The number of carbonyl (C=O) groups excluding carboxylic acids is 2. The van der Waals surface area contributed by atoms with Crippen LogP contribution in [0, 0.1) is 0 Å². The lowest BCUT2D eigenvalue weighted by atomic mass is 10.1. The Balaban J connectivity index is 1.40. The molecule has 2 amide bonds. The molecule has 5 rings (SSSR count). The number of hydrogen-bond donors (Lipinski definition) is 0. The highest BCUT2D eigenvalue weighted by Crippen LogP contribution is 2.35. The van der Waals surface area contributed by atoms with Gasteiger partial charge in [0.05, 0.1) is 6.54 Å². The second-order valence-corrected chi connectivity index (χ2v) is 8.09. The summed E-state index contributed by atoms with van der Waals surface area (Å²) in [6, 6.07) is 13.3.